The highest BCUT2D eigenvalue weighted by Gasteiger charge is 2.41. The summed E-state index contributed by atoms with van der Waals surface area (Å²) < 4.78 is 13.3. The van der Waals surface area contributed by atoms with E-state index in [4.69, 9.17) is 9.47 Å². The molecule has 0 bridgehead atoms. The van der Waals surface area contributed by atoms with Gasteiger partial charge in [-0.15, -0.1) is 0 Å². The Hall–Kier alpha value is -0.190. The van der Waals surface area contributed by atoms with E-state index in [0.29, 0.717) is 0 Å². The zero-order chi connectivity index (χ0) is 13.3. The highest BCUT2D eigenvalue weighted by molar-refractivity contribution is 9.10. The molecule has 2 atom stereocenters. The average molecular weight is 343 g/mol. The molecule has 1 aromatic carbocycles. The molecular weight excluding hydrogens is 324 g/mol. The van der Waals surface area contributed by atoms with Crippen LogP contribution >= 0.6 is 27.7 Å². The van der Waals surface area contributed by atoms with Gasteiger partial charge in [-0.3, -0.25) is 0 Å². The van der Waals surface area contributed by atoms with Crippen molar-refractivity contribution in [2.75, 3.05) is 18.1 Å². The first kappa shape index (κ1) is 13.8. The van der Waals surface area contributed by atoms with Crippen LogP contribution in [0.4, 0.5) is 0 Å². The van der Waals surface area contributed by atoms with Crippen molar-refractivity contribution in [2.24, 2.45) is 0 Å². The number of hydrogen-bond acceptors (Lipinski definition) is 3. The highest BCUT2D eigenvalue weighted by atomic mass is 79.9. The molecule has 2 aliphatic rings. The van der Waals surface area contributed by atoms with Gasteiger partial charge in [0, 0.05) is 18.6 Å². The minimum atomic E-state index is 0.0881. The third-order valence-electron chi connectivity index (χ3n) is 3.90. The normalized spacial score (nSPS) is 30.7. The lowest BCUT2D eigenvalue weighted by atomic mass is 9.91. The minimum Gasteiger partial charge on any atom is -0.489 e. The molecule has 0 N–H and O–H groups in total. The van der Waals surface area contributed by atoms with Crippen LogP contribution in [0.3, 0.4) is 0 Å². The summed E-state index contributed by atoms with van der Waals surface area (Å²) in [7, 11) is 0. The molecule has 2 unspecified atom stereocenters. The predicted molar refractivity (Wildman–Crippen MR) is 83.2 cm³/mol. The van der Waals surface area contributed by atoms with E-state index in [9.17, 15) is 0 Å². The molecule has 0 aromatic heterocycles. The molecule has 3 rings (SSSR count). The SMILES string of the molecule is Cc1ccc(OC2CCOC3(CCSC3)C2)c(Br)c1. The second-order valence-electron chi connectivity index (χ2n) is 5.50. The van der Waals surface area contributed by atoms with Crippen LogP contribution in [0.15, 0.2) is 22.7 Å². The van der Waals surface area contributed by atoms with E-state index in [2.05, 4.69) is 41.1 Å². The molecule has 4 heteroatoms. The zero-order valence-electron chi connectivity index (χ0n) is 11.2. The lowest BCUT2D eigenvalue weighted by Gasteiger charge is -2.37. The maximum atomic E-state index is 6.19. The second kappa shape index (κ2) is 5.66. The van der Waals surface area contributed by atoms with Crippen LogP contribution in [0.2, 0.25) is 0 Å². The van der Waals surface area contributed by atoms with Crippen molar-refractivity contribution in [1.29, 1.82) is 0 Å². The molecule has 2 fully saturated rings. The Bertz CT molecular complexity index is 457. The molecule has 0 radical (unpaired) electrons. The van der Waals surface area contributed by atoms with Crippen LogP contribution in [0.5, 0.6) is 5.75 Å². The van der Waals surface area contributed by atoms with Crippen molar-refractivity contribution >= 4 is 27.7 Å². The third-order valence-corrected chi connectivity index (χ3v) is 5.74. The monoisotopic (exact) mass is 342 g/mol. The Morgan fingerprint density at radius 1 is 1.47 bits per heavy atom. The lowest BCUT2D eigenvalue weighted by Crippen LogP contribution is -2.43. The van der Waals surface area contributed by atoms with Gasteiger partial charge in [-0.2, -0.15) is 11.8 Å². The Morgan fingerprint density at radius 2 is 2.37 bits per heavy atom. The molecular formula is C15H19BrO2S. The van der Waals surface area contributed by atoms with Crippen LogP contribution in [0, 0.1) is 6.92 Å². The summed E-state index contributed by atoms with van der Waals surface area (Å²) in [5.74, 6) is 3.31. The first-order valence-corrected chi connectivity index (χ1v) is 8.76. The summed E-state index contributed by atoms with van der Waals surface area (Å²) in [6.45, 7) is 2.92. The van der Waals surface area contributed by atoms with Gasteiger partial charge in [0.1, 0.15) is 11.9 Å². The topological polar surface area (TPSA) is 18.5 Å². The molecule has 0 aliphatic carbocycles. The number of halogens is 1. The summed E-state index contributed by atoms with van der Waals surface area (Å²) in [5.41, 5.74) is 1.33. The second-order valence-corrected chi connectivity index (χ2v) is 7.46. The maximum absolute atomic E-state index is 6.19. The van der Waals surface area contributed by atoms with Crippen molar-refractivity contribution in [3.8, 4) is 5.75 Å². The van der Waals surface area contributed by atoms with Gasteiger partial charge in [-0.25, -0.2) is 0 Å². The van der Waals surface area contributed by atoms with Crippen LogP contribution in [-0.2, 0) is 4.74 Å². The van der Waals surface area contributed by atoms with E-state index < -0.39 is 0 Å². The van der Waals surface area contributed by atoms with E-state index in [1.165, 1.54) is 17.7 Å². The van der Waals surface area contributed by atoms with Crippen molar-refractivity contribution in [3.05, 3.63) is 28.2 Å². The summed E-state index contributed by atoms with van der Waals surface area (Å²) in [4.78, 5) is 0. The Kier molecular flexibility index (Phi) is 4.11. The Balaban J connectivity index is 1.69. The number of ether oxygens (including phenoxy) is 2. The molecule has 0 saturated carbocycles. The van der Waals surface area contributed by atoms with E-state index in [0.717, 1.165) is 35.4 Å². The van der Waals surface area contributed by atoms with Crippen molar-refractivity contribution in [2.45, 2.75) is 37.9 Å². The van der Waals surface area contributed by atoms with Gasteiger partial charge in [0.15, 0.2) is 0 Å². The Labute approximate surface area is 127 Å². The fourth-order valence-electron chi connectivity index (χ4n) is 2.83. The van der Waals surface area contributed by atoms with Crippen molar-refractivity contribution < 1.29 is 9.47 Å². The van der Waals surface area contributed by atoms with Gasteiger partial charge >= 0.3 is 0 Å². The van der Waals surface area contributed by atoms with Crippen LogP contribution < -0.4 is 4.74 Å². The number of hydrogen-bond donors (Lipinski definition) is 0. The Morgan fingerprint density at radius 3 is 3.11 bits per heavy atom. The van der Waals surface area contributed by atoms with E-state index in [-0.39, 0.29) is 11.7 Å². The quantitative estimate of drug-likeness (QED) is 0.802. The van der Waals surface area contributed by atoms with Crippen LogP contribution in [0.25, 0.3) is 0 Å². The number of aryl methyl sites for hydroxylation is 1. The van der Waals surface area contributed by atoms with Gasteiger partial charge in [-0.1, -0.05) is 6.07 Å². The van der Waals surface area contributed by atoms with Gasteiger partial charge < -0.3 is 9.47 Å². The standard InChI is InChI=1S/C15H19BrO2S/c1-11-2-3-14(13(16)8-11)18-12-4-6-17-15(9-12)5-7-19-10-15/h2-3,8,12H,4-7,9-10H2,1H3. The fraction of sp³-hybridized carbons (Fsp3) is 0.600. The van der Waals surface area contributed by atoms with E-state index >= 15 is 0 Å². The molecule has 1 spiro atoms. The molecule has 0 amide bonds. The first-order valence-electron chi connectivity index (χ1n) is 6.81. The van der Waals surface area contributed by atoms with E-state index in [1.54, 1.807) is 0 Å². The number of rotatable bonds is 2. The smallest absolute Gasteiger partial charge is 0.133 e. The zero-order valence-corrected chi connectivity index (χ0v) is 13.6. The number of thioether (sulfide) groups is 1. The molecule has 1 aromatic rings. The summed E-state index contributed by atoms with van der Waals surface area (Å²) in [6, 6.07) is 6.27. The minimum absolute atomic E-state index is 0.0881. The predicted octanol–water partition coefficient (Wildman–Crippen LogP) is 4.19. The lowest BCUT2D eigenvalue weighted by molar-refractivity contribution is -0.0960. The molecule has 104 valence electrons. The number of benzene rings is 1. The third kappa shape index (κ3) is 3.11. The average Bonchev–Trinajstić information content (AvgIpc) is 2.81. The van der Waals surface area contributed by atoms with Gasteiger partial charge in [0.05, 0.1) is 16.7 Å². The van der Waals surface area contributed by atoms with Crippen molar-refractivity contribution in [1.82, 2.24) is 0 Å². The van der Waals surface area contributed by atoms with Gasteiger partial charge in [0.25, 0.3) is 0 Å². The fourth-order valence-corrected chi connectivity index (χ4v) is 4.79. The van der Waals surface area contributed by atoms with Crippen LogP contribution in [0.1, 0.15) is 24.8 Å². The molecule has 2 nitrogen and oxygen atoms in total. The van der Waals surface area contributed by atoms with Gasteiger partial charge in [-0.05, 0) is 52.7 Å². The molecule has 2 saturated heterocycles. The molecule has 2 aliphatic heterocycles. The summed E-state index contributed by atoms with van der Waals surface area (Å²) in [5, 5.41) is 0. The highest BCUT2D eigenvalue weighted by Crippen LogP contribution is 2.40. The molecule has 2 heterocycles. The van der Waals surface area contributed by atoms with E-state index in [1.807, 2.05) is 11.8 Å². The largest absolute Gasteiger partial charge is 0.489 e. The van der Waals surface area contributed by atoms with Crippen LogP contribution in [-0.4, -0.2) is 29.8 Å². The van der Waals surface area contributed by atoms with Gasteiger partial charge in [0.2, 0.25) is 0 Å². The summed E-state index contributed by atoms with van der Waals surface area (Å²) >= 11 is 5.59. The van der Waals surface area contributed by atoms with Crippen molar-refractivity contribution in [3.63, 3.8) is 0 Å². The first-order chi connectivity index (χ1) is 9.17. The summed E-state index contributed by atoms with van der Waals surface area (Å²) in [6.07, 6.45) is 3.48. The molecule has 19 heavy (non-hydrogen) atoms. The maximum Gasteiger partial charge on any atom is 0.133 e.